The molecule has 0 bridgehead atoms. The molecule has 2 aromatic rings. The van der Waals surface area contributed by atoms with E-state index in [2.05, 4.69) is 10.2 Å². The molecule has 0 aliphatic carbocycles. The van der Waals surface area contributed by atoms with Crippen molar-refractivity contribution in [2.24, 2.45) is 0 Å². The van der Waals surface area contributed by atoms with Gasteiger partial charge in [-0.05, 0) is 24.5 Å². The van der Waals surface area contributed by atoms with Gasteiger partial charge in [0.25, 0.3) is 0 Å². The van der Waals surface area contributed by atoms with Crippen LogP contribution in [0.2, 0.25) is 0 Å². The first kappa shape index (κ1) is 15.3. The summed E-state index contributed by atoms with van der Waals surface area (Å²) in [7, 11) is 0. The molecule has 0 radical (unpaired) electrons. The number of alkyl halides is 3. The minimum atomic E-state index is -4.56. The summed E-state index contributed by atoms with van der Waals surface area (Å²) in [5, 5.41) is 7.74. The normalized spacial score (nSPS) is 11.6. The van der Waals surface area contributed by atoms with Gasteiger partial charge >= 0.3 is 6.18 Å². The Morgan fingerprint density at radius 1 is 1.25 bits per heavy atom. The lowest BCUT2D eigenvalue weighted by Crippen LogP contribution is -2.08. The Morgan fingerprint density at radius 3 is 2.50 bits per heavy atom. The monoisotopic (exact) mass is 336 g/mol. The molecule has 1 aromatic carbocycles. The lowest BCUT2D eigenvalue weighted by atomic mass is 10.1. The average molecular weight is 336 g/mol. The number of hydrogen-bond donors (Lipinski definition) is 0. The first-order valence-corrected chi connectivity index (χ1v) is 8.01. The predicted octanol–water partition coefficient (Wildman–Crippen LogP) is 4.24. The summed E-state index contributed by atoms with van der Waals surface area (Å²) < 4.78 is 39.7. The van der Waals surface area contributed by atoms with Crippen molar-refractivity contribution in [3.05, 3.63) is 29.3 Å². The molecule has 0 atom stereocenters. The highest BCUT2D eigenvalue weighted by Crippen LogP contribution is 2.37. The summed E-state index contributed by atoms with van der Waals surface area (Å²) in [6, 6.07) is 3.58. The third-order valence-corrected chi connectivity index (χ3v) is 5.16. The van der Waals surface area contributed by atoms with Crippen molar-refractivity contribution in [1.82, 2.24) is 10.2 Å². The van der Waals surface area contributed by atoms with Gasteiger partial charge in [-0.3, -0.25) is 4.79 Å². The van der Waals surface area contributed by atoms with E-state index in [1.807, 2.05) is 6.26 Å². The van der Waals surface area contributed by atoms with Crippen LogP contribution < -0.4 is 0 Å². The Hall–Kier alpha value is -1.06. The standard InChI is InChI=1S/C11H7F3N2OS3/c1-18-9-15-16-10(20-9)19-7-3-2-6(5-17)8(4-7)11(12,13)14/h2-5H,1H3. The number of carbonyl (C=O) groups is 1. The smallest absolute Gasteiger partial charge is 0.298 e. The summed E-state index contributed by atoms with van der Waals surface area (Å²) in [5.41, 5.74) is -1.31. The van der Waals surface area contributed by atoms with E-state index in [-0.39, 0.29) is 11.8 Å². The molecule has 1 aromatic heterocycles. The van der Waals surface area contributed by atoms with Crippen molar-refractivity contribution >= 4 is 41.1 Å². The van der Waals surface area contributed by atoms with E-state index < -0.39 is 11.7 Å². The van der Waals surface area contributed by atoms with Crippen molar-refractivity contribution < 1.29 is 18.0 Å². The van der Waals surface area contributed by atoms with Crippen molar-refractivity contribution in [1.29, 1.82) is 0 Å². The second-order valence-electron chi connectivity index (χ2n) is 3.50. The molecule has 0 amide bonds. The highest BCUT2D eigenvalue weighted by Gasteiger charge is 2.33. The molecular weight excluding hydrogens is 329 g/mol. The van der Waals surface area contributed by atoms with Gasteiger partial charge in [0.2, 0.25) is 0 Å². The minimum Gasteiger partial charge on any atom is -0.298 e. The van der Waals surface area contributed by atoms with E-state index in [0.717, 1.165) is 28.2 Å². The Labute approximate surface area is 125 Å². The van der Waals surface area contributed by atoms with E-state index in [1.165, 1.54) is 29.2 Å². The molecule has 2 rings (SSSR count). The zero-order valence-electron chi connectivity index (χ0n) is 9.97. The second kappa shape index (κ2) is 6.15. The van der Waals surface area contributed by atoms with Gasteiger partial charge in [-0.15, -0.1) is 10.2 Å². The van der Waals surface area contributed by atoms with Gasteiger partial charge in [-0.2, -0.15) is 13.2 Å². The van der Waals surface area contributed by atoms with E-state index in [9.17, 15) is 18.0 Å². The van der Waals surface area contributed by atoms with Crippen LogP contribution in [0.3, 0.4) is 0 Å². The summed E-state index contributed by atoms with van der Waals surface area (Å²) in [6.07, 6.45) is -2.51. The molecular formula is C11H7F3N2OS3. The molecule has 1 heterocycles. The third-order valence-electron chi connectivity index (χ3n) is 2.22. The van der Waals surface area contributed by atoms with Gasteiger partial charge in [0, 0.05) is 10.5 Å². The number of aromatic nitrogens is 2. The van der Waals surface area contributed by atoms with Gasteiger partial charge < -0.3 is 0 Å². The summed E-state index contributed by atoms with van der Waals surface area (Å²) >= 11 is 3.81. The molecule has 0 unspecified atom stereocenters. The zero-order valence-corrected chi connectivity index (χ0v) is 12.4. The fourth-order valence-electron chi connectivity index (χ4n) is 1.37. The fourth-order valence-corrected chi connectivity index (χ4v) is 3.82. The number of carbonyl (C=O) groups excluding carboxylic acids is 1. The molecule has 20 heavy (non-hydrogen) atoms. The summed E-state index contributed by atoms with van der Waals surface area (Å²) in [4.78, 5) is 11.0. The second-order valence-corrected chi connectivity index (χ2v) is 6.86. The van der Waals surface area contributed by atoms with E-state index in [4.69, 9.17) is 0 Å². The molecule has 0 saturated heterocycles. The van der Waals surface area contributed by atoms with Crippen LogP contribution in [0.4, 0.5) is 13.2 Å². The van der Waals surface area contributed by atoms with E-state index >= 15 is 0 Å². The molecule has 106 valence electrons. The number of thioether (sulfide) groups is 1. The van der Waals surface area contributed by atoms with Gasteiger partial charge in [-0.1, -0.05) is 34.9 Å². The molecule has 9 heteroatoms. The van der Waals surface area contributed by atoms with Gasteiger partial charge in [0.05, 0.1) is 5.56 Å². The number of nitrogens with zero attached hydrogens (tertiary/aromatic N) is 2. The van der Waals surface area contributed by atoms with Crippen LogP contribution in [0.1, 0.15) is 15.9 Å². The van der Waals surface area contributed by atoms with Crippen LogP contribution in [0.5, 0.6) is 0 Å². The quantitative estimate of drug-likeness (QED) is 0.617. The topological polar surface area (TPSA) is 42.9 Å². The Kier molecular flexibility index (Phi) is 4.71. The molecule has 0 N–H and O–H groups in total. The highest BCUT2D eigenvalue weighted by atomic mass is 32.2. The van der Waals surface area contributed by atoms with Crippen molar-refractivity contribution in [3.63, 3.8) is 0 Å². The minimum absolute atomic E-state index is 0.202. The Bertz CT molecular complexity index is 628. The van der Waals surface area contributed by atoms with Crippen molar-refractivity contribution in [2.45, 2.75) is 19.8 Å². The Balaban J connectivity index is 2.31. The molecule has 0 fully saturated rings. The first-order valence-electron chi connectivity index (χ1n) is 5.16. The van der Waals surface area contributed by atoms with Gasteiger partial charge in [0.15, 0.2) is 15.0 Å². The van der Waals surface area contributed by atoms with E-state index in [1.54, 1.807) is 0 Å². The fraction of sp³-hybridized carbons (Fsp3) is 0.182. The van der Waals surface area contributed by atoms with Crippen molar-refractivity contribution in [3.8, 4) is 0 Å². The van der Waals surface area contributed by atoms with Crippen LogP contribution in [-0.2, 0) is 6.18 Å². The number of benzene rings is 1. The lowest BCUT2D eigenvalue weighted by molar-refractivity contribution is -0.138. The van der Waals surface area contributed by atoms with Gasteiger partial charge in [-0.25, -0.2) is 0 Å². The number of aldehydes is 1. The largest absolute Gasteiger partial charge is 0.417 e. The molecule has 0 aliphatic rings. The van der Waals surface area contributed by atoms with Crippen LogP contribution in [-0.4, -0.2) is 22.7 Å². The van der Waals surface area contributed by atoms with Gasteiger partial charge in [0.1, 0.15) is 0 Å². The lowest BCUT2D eigenvalue weighted by Gasteiger charge is -2.10. The highest BCUT2D eigenvalue weighted by molar-refractivity contribution is 8.03. The average Bonchev–Trinajstić information content (AvgIpc) is 2.85. The predicted molar refractivity (Wildman–Crippen MR) is 72.6 cm³/mol. The van der Waals surface area contributed by atoms with Crippen LogP contribution in [0.15, 0.2) is 31.8 Å². The number of halogens is 3. The summed E-state index contributed by atoms with van der Waals surface area (Å²) in [5.74, 6) is 0. The van der Waals surface area contributed by atoms with Crippen LogP contribution in [0.25, 0.3) is 0 Å². The molecule has 3 nitrogen and oxygen atoms in total. The zero-order chi connectivity index (χ0) is 14.8. The maximum Gasteiger partial charge on any atom is 0.417 e. The maximum atomic E-state index is 12.8. The SMILES string of the molecule is CSc1nnc(Sc2ccc(C=O)c(C(F)(F)F)c2)s1. The van der Waals surface area contributed by atoms with Crippen molar-refractivity contribution in [2.75, 3.05) is 6.26 Å². The molecule has 0 saturated carbocycles. The van der Waals surface area contributed by atoms with Crippen LogP contribution >= 0.6 is 34.9 Å². The van der Waals surface area contributed by atoms with E-state index in [0.29, 0.717) is 9.24 Å². The molecule has 0 aliphatic heterocycles. The molecule has 0 spiro atoms. The Morgan fingerprint density at radius 2 is 1.95 bits per heavy atom. The first-order chi connectivity index (χ1) is 9.44. The maximum absolute atomic E-state index is 12.8. The third kappa shape index (κ3) is 3.53. The number of hydrogen-bond acceptors (Lipinski definition) is 6. The van der Waals surface area contributed by atoms with Crippen LogP contribution in [0, 0.1) is 0 Å². The number of rotatable bonds is 4. The summed E-state index contributed by atoms with van der Waals surface area (Å²) in [6.45, 7) is 0.